The van der Waals surface area contributed by atoms with Crippen LogP contribution in [0, 0.1) is 6.92 Å². The molecule has 0 amide bonds. The molecule has 0 atom stereocenters. The van der Waals surface area contributed by atoms with Gasteiger partial charge in [-0.2, -0.15) is 0 Å². The molecular formula is C13H15NO4. The summed E-state index contributed by atoms with van der Waals surface area (Å²) >= 11 is 0. The van der Waals surface area contributed by atoms with Crippen LogP contribution in [0.2, 0.25) is 0 Å². The van der Waals surface area contributed by atoms with E-state index in [0.717, 1.165) is 5.56 Å². The highest BCUT2D eigenvalue weighted by molar-refractivity contribution is 5.67. The van der Waals surface area contributed by atoms with Gasteiger partial charge in [-0.05, 0) is 12.1 Å². The highest BCUT2D eigenvalue weighted by atomic mass is 16.5. The van der Waals surface area contributed by atoms with Crippen LogP contribution in [0.5, 0.6) is 17.2 Å². The molecule has 2 rings (SSSR count). The number of aromatic nitrogens is 1. The highest BCUT2D eigenvalue weighted by Gasteiger charge is 2.15. The quantitative estimate of drug-likeness (QED) is 0.833. The van der Waals surface area contributed by atoms with Crippen LogP contribution in [0.3, 0.4) is 0 Å². The molecule has 0 aliphatic rings. The van der Waals surface area contributed by atoms with Crippen LogP contribution in [0.15, 0.2) is 22.7 Å². The van der Waals surface area contributed by atoms with Gasteiger partial charge in [0.1, 0.15) is 0 Å². The van der Waals surface area contributed by atoms with E-state index in [1.54, 1.807) is 34.4 Å². The van der Waals surface area contributed by atoms with E-state index >= 15 is 0 Å². The fraction of sp³-hybridized carbons (Fsp3) is 0.308. The number of oxazole rings is 1. The fourth-order valence-corrected chi connectivity index (χ4v) is 1.72. The number of rotatable bonds is 4. The van der Waals surface area contributed by atoms with Gasteiger partial charge in [0.25, 0.3) is 0 Å². The first-order valence-corrected chi connectivity index (χ1v) is 5.42. The van der Waals surface area contributed by atoms with Crippen LogP contribution in [0.4, 0.5) is 0 Å². The lowest BCUT2D eigenvalue weighted by Gasteiger charge is -2.13. The zero-order valence-corrected chi connectivity index (χ0v) is 10.8. The van der Waals surface area contributed by atoms with Gasteiger partial charge in [-0.3, -0.25) is 0 Å². The number of nitrogens with zero attached hydrogens (tertiary/aromatic N) is 1. The van der Waals surface area contributed by atoms with E-state index in [4.69, 9.17) is 18.6 Å². The number of methoxy groups -OCH3 is 3. The van der Waals surface area contributed by atoms with Gasteiger partial charge in [-0.15, -0.1) is 0 Å². The first-order chi connectivity index (χ1) is 8.69. The van der Waals surface area contributed by atoms with Gasteiger partial charge < -0.3 is 18.6 Å². The van der Waals surface area contributed by atoms with Crippen LogP contribution < -0.4 is 14.2 Å². The number of hydrogen-bond acceptors (Lipinski definition) is 5. The predicted octanol–water partition coefficient (Wildman–Crippen LogP) is 2.68. The Bertz CT molecular complexity index is 523. The monoisotopic (exact) mass is 249 g/mol. The Balaban J connectivity index is 2.56. The molecule has 0 aliphatic carbocycles. The zero-order valence-electron chi connectivity index (χ0n) is 10.8. The minimum Gasteiger partial charge on any atom is -0.493 e. The summed E-state index contributed by atoms with van der Waals surface area (Å²) in [7, 11) is 4.72. The van der Waals surface area contributed by atoms with Crippen LogP contribution in [0.1, 0.15) is 5.89 Å². The minimum atomic E-state index is 0.556. The molecule has 0 saturated heterocycles. The van der Waals surface area contributed by atoms with E-state index in [1.807, 2.05) is 12.1 Å². The van der Waals surface area contributed by atoms with Crippen LogP contribution in [-0.2, 0) is 0 Å². The lowest BCUT2D eigenvalue weighted by Crippen LogP contribution is -1.95. The van der Waals surface area contributed by atoms with E-state index in [1.165, 1.54) is 0 Å². The third-order valence-corrected chi connectivity index (χ3v) is 2.57. The van der Waals surface area contributed by atoms with Crippen LogP contribution in [0.25, 0.3) is 11.3 Å². The summed E-state index contributed by atoms with van der Waals surface area (Å²) in [6.45, 7) is 1.79. The summed E-state index contributed by atoms with van der Waals surface area (Å²) < 4.78 is 21.3. The summed E-state index contributed by atoms with van der Waals surface area (Å²) in [6, 6.07) is 3.64. The number of ether oxygens (including phenoxy) is 3. The molecule has 0 spiro atoms. The Morgan fingerprint density at radius 3 is 2.00 bits per heavy atom. The van der Waals surface area contributed by atoms with Gasteiger partial charge in [-0.25, -0.2) is 4.98 Å². The third kappa shape index (κ3) is 2.11. The molecule has 2 aromatic rings. The van der Waals surface area contributed by atoms with Crippen molar-refractivity contribution in [2.45, 2.75) is 6.92 Å². The SMILES string of the molecule is COc1cc(-c2cnc(C)o2)cc(OC)c1OC. The van der Waals surface area contributed by atoms with Crippen molar-refractivity contribution in [3.8, 4) is 28.6 Å². The van der Waals surface area contributed by atoms with Crippen molar-refractivity contribution in [3.05, 3.63) is 24.2 Å². The van der Waals surface area contributed by atoms with Gasteiger partial charge in [0.15, 0.2) is 23.1 Å². The van der Waals surface area contributed by atoms with Crippen molar-refractivity contribution in [2.75, 3.05) is 21.3 Å². The summed E-state index contributed by atoms with van der Waals surface area (Å²) in [5, 5.41) is 0. The molecule has 0 fully saturated rings. The second kappa shape index (κ2) is 5.00. The van der Waals surface area contributed by atoms with E-state index in [9.17, 15) is 0 Å². The molecule has 5 nitrogen and oxygen atoms in total. The van der Waals surface area contributed by atoms with Crippen LogP contribution in [-0.4, -0.2) is 26.3 Å². The molecule has 18 heavy (non-hydrogen) atoms. The average Bonchev–Trinajstić information content (AvgIpc) is 2.83. The number of aryl methyl sites for hydroxylation is 1. The first kappa shape index (κ1) is 12.3. The van der Waals surface area contributed by atoms with E-state index in [-0.39, 0.29) is 0 Å². The highest BCUT2D eigenvalue weighted by Crippen LogP contribution is 2.41. The maximum atomic E-state index is 5.48. The van der Waals surface area contributed by atoms with Gasteiger partial charge in [0, 0.05) is 12.5 Å². The topological polar surface area (TPSA) is 53.7 Å². The molecule has 1 aromatic carbocycles. The Morgan fingerprint density at radius 1 is 1.00 bits per heavy atom. The smallest absolute Gasteiger partial charge is 0.203 e. The summed E-state index contributed by atoms with van der Waals surface area (Å²) in [5.41, 5.74) is 0.824. The van der Waals surface area contributed by atoms with E-state index < -0.39 is 0 Å². The molecule has 1 aromatic heterocycles. The Morgan fingerprint density at radius 2 is 1.61 bits per heavy atom. The van der Waals surface area contributed by atoms with Crippen molar-refractivity contribution in [1.29, 1.82) is 0 Å². The van der Waals surface area contributed by atoms with Crippen molar-refractivity contribution < 1.29 is 18.6 Å². The van der Waals surface area contributed by atoms with Crippen molar-refractivity contribution in [3.63, 3.8) is 0 Å². The second-order valence-corrected chi connectivity index (χ2v) is 3.66. The van der Waals surface area contributed by atoms with Gasteiger partial charge >= 0.3 is 0 Å². The van der Waals surface area contributed by atoms with Crippen molar-refractivity contribution in [2.24, 2.45) is 0 Å². The van der Waals surface area contributed by atoms with Crippen molar-refractivity contribution >= 4 is 0 Å². The average molecular weight is 249 g/mol. The third-order valence-electron chi connectivity index (χ3n) is 2.57. The lowest BCUT2D eigenvalue weighted by molar-refractivity contribution is 0.324. The summed E-state index contributed by atoms with van der Waals surface area (Å²) in [4.78, 5) is 4.07. The fourth-order valence-electron chi connectivity index (χ4n) is 1.72. The minimum absolute atomic E-state index is 0.556. The Hall–Kier alpha value is -2.17. The van der Waals surface area contributed by atoms with Gasteiger partial charge in [0.05, 0.1) is 27.5 Å². The molecule has 0 saturated carbocycles. The standard InChI is InChI=1S/C13H15NO4/c1-8-14-7-12(18-8)9-5-10(15-2)13(17-4)11(6-9)16-3/h5-7H,1-4H3. The largest absolute Gasteiger partial charge is 0.493 e. The maximum Gasteiger partial charge on any atom is 0.203 e. The number of hydrogen-bond donors (Lipinski definition) is 0. The Labute approximate surface area is 105 Å². The summed E-state index contributed by atoms with van der Waals surface area (Å²) in [5.74, 6) is 2.99. The van der Waals surface area contributed by atoms with Crippen LogP contribution >= 0.6 is 0 Å². The molecule has 1 heterocycles. The normalized spacial score (nSPS) is 10.2. The zero-order chi connectivity index (χ0) is 13.1. The molecule has 0 aliphatic heterocycles. The van der Waals surface area contributed by atoms with Gasteiger partial charge in [-0.1, -0.05) is 0 Å². The molecule has 5 heteroatoms. The maximum absolute atomic E-state index is 5.48. The molecule has 96 valence electrons. The molecule has 0 radical (unpaired) electrons. The lowest BCUT2D eigenvalue weighted by atomic mass is 10.1. The first-order valence-electron chi connectivity index (χ1n) is 5.42. The van der Waals surface area contributed by atoms with Crippen molar-refractivity contribution in [1.82, 2.24) is 4.98 Å². The summed E-state index contributed by atoms with van der Waals surface area (Å²) in [6.07, 6.45) is 1.66. The predicted molar refractivity (Wildman–Crippen MR) is 66.3 cm³/mol. The van der Waals surface area contributed by atoms with Gasteiger partial charge in [0.2, 0.25) is 5.75 Å². The molecule has 0 N–H and O–H groups in total. The second-order valence-electron chi connectivity index (χ2n) is 3.66. The molecule has 0 unspecified atom stereocenters. The van der Waals surface area contributed by atoms with E-state index in [0.29, 0.717) is 28.9 Å². The molecular weight excluding hydrogens is 234 g/mol. The Kier molecular flexibility index (Phi) is 3.41. The number of benzene rings is 1. The molecule has 0 bridgehead atoms. The van der Waals surface area contributed by atoms with E-state index in [2.05, 4.69) is 4.98 Å².